The quantitative estimate of drug-likeness (QED) is 0.701. The average Bonchev–Trinajstić information content (AvgIpc) is 2.58. The molecule has 1 N–H and O–H groups in total. The van der Waals surface area contributed by atoms with Crippen LogP contribution in [0.3, 0.4) is 0 Å². The highest BCUT2D eigenvalue weighted by Crippen LogP contribution is 2.26. The second kappa shape index (κ2) is 8.82. The molecule has 0 aliphatic heterocycles. The molecule has 0 spiro atoms. The molecule has 0 fully saturated rings. The summed E-state index contributed by atoms with van der Waals surface area (Å²) >= 11 is 6.05. The van der Waals surface area contributed by atoms with Crippen LogP contribution in [0.1, 0.15) is 34.1 Å². The van der Waals surface area contributed by atoms with Gasteiger partial charge < -0.3 is 14.8 Å². The lowest BCUT2D eigenvalue weighted by Gasteiger charge is -2.18. The minimum atomic E-state index is -0.322. The van der Waals surface area contributed by atoms with E-state index in [4.69, 9.17) is 21.1 Å². The second-order valence-corrected chi connectivity index (χ2v) is 5.36. The van der Waals surface area contributed by atoms with Gasteiger partial charge in [0.15, 0.2) is 0 Å². The number of allylic oxidation sites excluding steroid dienone is 2. The number of ketones is 2. The van der Waals surface area contributed by atoms with Crippen LogP contribution in [-0.2, 0) is 9.47 Å². The summed E-state index contributed by atoms with van der Waals surface area (Å²) in [5.41, 5.74) is 0.911. The van der Waals surface area contributed by atoms with Crippen LogP contribution in [0.25, 0.3) is 0 Å². The predicted octanol–water partition coefficient (Wildman–Crippen LogP) is 2.55. The normalized spacial score (nSPS) is 14.2. The zero-order valence-electron chi connectivity index (χ0n) is 13.1. The van der Waals surface area contributed by atoms with Crippen molar-refractivity contribution in [3.05, 3.63) is 46.1 Å². The summed E-state index contributed by atoms with van der Waals surface area (Å²) < 4.78 is 10.6. The number of hydrogen-bond donors (Lipinski definition) is 1. The fraction of sp³-hybridized carbons (Fsp3) is 0.412. The van der Waals surface area contributed by atoms with Crippen molar-refractivity contribution in [2.24, 2.45) is 0 Å². The number of fused-ring (bicyclic) bond motifs is 1. The minimum Gasteiger partial charge on any atom is -0.380 e. The van der Waals surface area contributed by atoms with Crippen molar-refractivity contribution in [2.45, 2.75) is 13.3 Å². The smallest absolute Gasteiger partial charge is 0.211 e. The van der Waals surface area contributed by atoms with Crippen molar-refractivity contribution in [3.8, 4) is 0 Å². The first-order chi connectivity index (χ1) is 11.2. The highest BCUT2D eigenvalue weighted by molar-refractivity contribution is 6.49. The van der Waals surface area contributed by atoms with Crippen molar-refractivity contribution >= 4 is 23.2 Å². The first kappa shape index (κ1) is 17.7. The number of benzene rings is 1. The van der Waals surface area contributed by atoms with E-state index < -0.39 is 0 Å². The standard InChI is InChI=1S/C17H20ClNO4/c1-2-22-10-11-23-9-5-8-19-15-14(18)16(20)12-6-3-4-7-13(12)17(15)21/h3-4,6-7,19H,2,5,8-11H2,1H3. The van der Waals surface area contributed by atoms with Crippen molar-refractivity contribution in [2.75, 3.05) is 33.0 Å². The first-order valence-corrected chi connectivity index (χ1v) is 8.02. The Balaban J connectivity index is 1.85. The molecule has 0 saturated carbocycles. The molecule has 2 rings (SSSR count). The number of ether oxygens (including phenoxy) is 2. The molecule has 0 bridgehead atoms. The van der Waals surface area contributed by atoms with Gasteiger partial charge in [0.25, 0.3) is 0 Å². The molecule has 1 aliphatic carbocycles. The lowest BCUT2D eigenvalue weighted by molar-refractivity contribution is 0.0521. The lowest BCUT2D eigenvalue weighted by Crippen LogP contribution is -2.30. The maximum atomic E-state index is 12.4. The number of carbonyl (C=O) groups excluding carboxylic acids is 2. The van der Waals surface area contributed by atoms with Crippen LogP contribution in [0.4, 0.5) is 0 Å². The van der Waals surface area contributed by atoms with E-state index in [2.05, 4.69) is 5.32 Å². The average molecular weight is 338 g/mol. The molecule has 6 heteroatoms. The first-order valence-electron chi connectivity index (χ1n) is 7.64. The maximum absolute atomic E-state index is 12.4. The van der Waals surface area contributed by atoms with Crippen molar-refractivity contribution < 1.29 is 19.1 Å². The van der Waals surface area contributed by atoms with Crippen molar-refractivity contribution in [1.82, 2.24) is 5.32 Å². The summed E-state index contributed by atoms with van der Waals surface area (Å²) in [6, 6.07) is 6.69. The van der Waals surface area contributed by atoms with E-state index in [1.807, 2.05) is 6.92 Å². The van der Waals surface area contributed by atoms with E-state index in [0.29, 0.717) is 50.5 Å². The van der Waals surface area contributed by atoms with Crippen LogP contribution in [0.15, 0.2) is 35.0 Å². The molecule has 0 heterocycles. The zero-order chi connectivity index (χ0) is 16.7. The van der Waals surface area contributed by atoms with Gasteiger partial charge in [-0.05, 0) is 13.3 Å². The molecule has 1 aliphatic rings. The van der Waals surface area contributed by atoms with Gasteiger partial charge in [-0.15, -0.1) is 0 Å². The second-order valence-electron chi connectivity index (χ2n) is 4.98. The van der Waals surface area contributed by atoms with Crippen molar-refractivity contribution in [3.63, 3.8) is 0 Å². The monoisotopic (exact) mass is 337 g/mol. The molecule has 0 amide bonds. The summed E-state index contributed by atoms with van der Waals surface area (Å²) in [6.45, 7) is 4.77. The highest BCUT2D eigenvalue weighted by atomic mass is 35.5. The molecule has 0 saturated heterocycles. The SMILES string of the molecule is CCOCCOCCCNC1=C(Cl)C(=O)c2ccccc2C1=O. The fourth-order valence-electron chi connectivity index (χ4n) is 2.25. The van der Waals surface area contributed by atoms with Gasteiger partial charge in [-0.1, -0.05) is 35.9 Å². The number of hydrogen-bond acceptors (Lipinski definition) is 5. The fourth-order valence-corrected chi connectivity index (χ4v) is 2.51. The Kier molecular flexibility index (Phi) is 6.77. The summed E-state index contributed by atoms with van der Waals surface area (Å²) in [5.74, 6) is -0.570. The summed E-state index contributed by atoms with van der Waals surface area (Å²) in [6.07, 6.45) is 0.697. The molecule has 0 unspecified atom stereocenters. The topological polar surface area (TPSA) is 64.6 Å². The van der Waals surface area contributed by atoms with Gasteiger partial charge in [0.2, 0.25) is 11.6 Å². The Bertz CT molecular complexity index is 612. The van der Waals surface area contributed by atoms with E-state index in [-0.39, 0.29) is 22.3 Å². The van der Waals surface area contributed by atoms with Gasteiger partial charge in [-0.2, -0.15) is 0 Å². The maximum Gasteiger partial charge on any atom is 0.211 e. The number of nitrogens with one attached hydrogen (secondary N) is 1. The van der Waals surface area contributed by atoms with Gasteiger partial charge in [0, 0.05) is 30.9 Å². The summed E-state index contributed by atoms with van der Waals surface area (Å²) in [4.78, 5) is 24.6. The molecule has 5 nitrogen and oxygen atoms in total. The van der Waals surface area contributed by atoms with Crippen LogP contribution in [0, 0.1) is 0 Å². The van der Waals surface area contributed by atoms with Gasteiger partial charge in [-0.25, -0.2) is 0 Å². The number of halogens is 1. The Labute approximate surface area is 140 Å². The third-order valence-electron chi connectivity index (χ3n) is 3.41. The van der Waals surface area contributed by atoms with Gasteiger partial charge in [-0.3, -0.25) is 9.59 Å². The van der Waals surface area contributed by atoms with Gasteiger partial charge >= 0.3 is 0 Å². The van der Waals surface area contributed by atoms with E-state index in [9.17, 15) is 9.59 Å². The number of carbonyl (C=O) groups is 2. The van der Waals surface area contributed by atoms with Gasteiger partial charge in [0.05, 0.1) is 13.2 Å². The number of Topliss-reactive ketones (excluding diaryl/α,β-unsaturated/α-hetero) is 2. The summed E-state index contributed by atoms with van der Waals surface area (Å²) in [5, 5.41) is 2.91. The summed E-state index contributed by atoms with van der Waals surface area (Å²) in [7, 11) is 0. The Morgan fingerprint density at radius 2 is 1.65 bits per heavy atom. The molecule has 1 aromatic carbocycles. The van der Waals surface area contributed by atoms with Crippen LogP contribution in [-0.4, -0.2) is 44.5 Å². The molecule has 124 valence electrons. The van der Waals surface area contributed by atoms with Gasteiger partial charge in [0.1, 0.15) is 10.7 Å². The van der Waals surface area contributed by atoms with E-state index in [1.165, 1.54) is 0 Å². The lowest BCUT2D eigenvalue weighted by atomic mass is 9.92. The van der Waals surface area contributed by atoms with Crippen LogP contribution < -0.4 is 5.32 Å². The molecule has 23 heavy (non-hydrogen) atoms. The Morgan fingerprint density at radius 1 is 1.00 bits per heavy atom. The molecule has 0 atom stereocenters. The third-order valence-corrected chi connectivity index (χ3v) is 3.77. The van der Waals surface area contributed by atoms with Crippen LogP contribution in [0.2, 0.25) is 0 Å². The predicted molar refractivity (Wildman–Crippen MR) is 87.9 cm³/mol. The van der Waals surface area contributed by atoms with Crippen molar-refractivity contribution in [1.29, 1.82) is 0 Å². The molecule has 0 aromatic heterocycles. The van der Waals surface area contributed by atoms with E-state index >= 15 is 0 Å². The third kappa shape index (κ3) is 4.41. The largest absolute Gasteiger partial charge is 0.380 e. The van der Waals surface area contributed by atoms with Crippen LogP contribution in [0.5, 0.6) is 0 Å². The molecular weight excluding hydrogens is 318 g/mol. The van der Waals surface area contributed by atoms with E-state index in [0.717, 1.165) is 0 Å². The minimum absolute atomic E-state index is 0.0500. The molecular formula is C17H20ClNO4. The Hall–Kier alpha value is -1.69. The zero-order valence-corrected chi connectivity index (χ0v) is 13.8. The van der Waals surface area contributed by atoms with E-state index in [1.54, 1.807) is 24.3 Å². The highest BCUT2D eigenvalue weighted by Gasteiger charge is 2.30. The molecule has 1 aromatic rings. The number of rotatable bonds is 9. The molecule has 0 radical (unpaired) electrons. The Morgan fingerprint density at radius 3 is 2.35 bits per heavy atom. The van der Waals surface area contributed by atoms with Crippen LogP contribution >= 0.6 is 11.6 Å².